The van der Waals surface area contributed by atoms with E-state index in [-0.39, 0.29) is 10.6 Å². The van der Waals surface area contributed by atoms with Crippen LogP contribution in [0.3, 0.4) is 0 Å². The zero-order chi connectivity index (χ0) is 25.0. The minimum absolute atomic E-state index is 0.00151. The van der Waals surface area contributed by atoms with Crippen LogP contribution in [-0.4, -0.2) is 29.5 Å². The number of nitrogens with zero attached hydrogens (tertiary/aromatic N) is 2. The van der Waals surface area contributed by atoms with E-state index in [2.05, 4.69) is 26.5 Å². The van der Waals surface area contributed by atoms with E-state index in [0.29, 0.717) is 46.3 Å². The lowest BCUT2D eigenvalue weighted by molar-refractivity contribution is 0.0689. The van der Waals surface area contributed by atoms with Crippen LogP contribution in [0, 0.1) is 11.8 Å². The second-order valence-corrected chi connectivity index (χ2v) is 9.39. The summed E-state index contributed by atoms with van der Waals surface area (Å²) in [7, 11) is -3.97. The van der Waals surface area contributed by atoms with E-state index < -0.39 is 16.0 Å². The number of hydrogen-bond acceptors (Lipinski definition) is 5. The first kappa shape index (κ1) is 23.9. The van der Waals surface area contributed by atoms with Gasteiger partial charge in [-0.25, -0.2) is 18.2 Å². The molecule has 2 heterocycles. The van der Waals surface area contributed by atoms with E-state index >= 15 is 0 Å². The van der Waals surface area contributed by atoms with Gasteiger partial charge in [-0.1, -0.05) is 56.0 Å². The molecular formula is C27H23N3O4S. The molecule has 8 heteroatoms. The second kappa shape index (κ2) is 9.95. The van der Waals surface area contributed by atoms with E-state index in [1.807, 2.05) is 32.0 Å². The van der Waals surface area contributed by atoms with Gasteiger partial charge in [-0.2, -0.15) is 0 Å². The molecule has 0 fully saturated rings. The van der Waals surface area contributed by atoms with Crippen LogP contribution in [0.2, 0.25) is 0 Å². The predicted molar refractivity (Wildman–Crippen MR) is 135 cm³/mol. The average Bonchev–Trinajstić information content (AvgIpc) is 2.86. The highest BCUT2D eigenvalue weighted by Gasteiger charge is 2.23. The Morgan fingerprint density at radius 2 is 1.74 bits per heavy atom. The smallest absolute Gasteiger partial charge is 0.354 e. The summed E-state index contributed by atoms with van der Waals surface area (Å²) >= 11 is 0. The molecule has 0 amide bonds. The summed E-state index contributed by atoms with van der Waals surface area (Å²) in [4.78, 5) is 19.8. The van der Waals surface area contributed by atoms with Crippen molar-refractivity contribution in [2.24, 2.45) is 0 Å². The van der Waals surface area contributed by atoms with E-state index in [1.165, 1.54) is 6.20 Å². The number of pyridine rings is 2. The van der Waals surface area contributed by atoms with Crippen molar-refractivity contribution in [3.8, 4) is 11.8 Å². The molecule has 0 radical (unpaired) electrons. The van der Waals surface area contributed by atoms with Crippen molar-refractivity contribution in [2.45, 2.75) is 31.6 Å². The minimum Gasteiger partial charge on any atom is -0.477 e. The fourth-order valence-corrected chi connectivity index (χ4v) is 5.35. The molecule has 0 spiro atoms. The van der Waals surface area contributed by atoms with Crippen LogP contribution >= 0.6 is 0 Å². The van der Waals surface area contributed by atoms with Crippen molar-refractivity contribution in [1.29, 1.82) is 0 Å². The molecular weight excluding hydrogens is 462 g/mol. The summed E-state index contributed by atoms with van der Waals surface area (Å²) in [5.74, 6) is 4.87. The molecule has 2 aromatic heterocycles. The molecule has 0 saturated carbocycles. The first-order valence-electron chi connectivity index (χ1n) is 11.1. The Hall–Kier alpha value is -4.22. The van der Waals surface area contributed by atoms with Gasteiger partial charge in [0.2, 0.25) is 0 Å². The van der Waals surface area contributed by atoms with Crippen LogP contribution in [0.5, 0.6) is 0 Å². The molecule has 0 aliphatic rings. The number of anilines is 1. The summed E-state index contributed by atoms with van der Waals surface area (Å²) in [6.07, 6.45) is 4.01. The third-order valence-corrected chi connectivity index (χ3v) is 7.00. The first-order chi connectivity index (χ1) is 16.8. The maximum Gasteiger partial charge on any atom is 0.354 e. The van der Waals surface area contributed by atoms with Crippen molar-refractivity contribution in [3.05, 3.63) is 94.9 Å². The van der Waals surface area contributed by atoms with Crippen molar-refractivity contribution in [2.75, 3.05) is 4.72 Å². The zero-order valence-electron chi connectivity index (χ0n) is 19.2. The fourth-order valence-electron chi connectivity index (χ4n) is 3.80. The standard InChI is InChI=1S/C27H23N3O4S/c1-3-19-13-14-22-9-7-15-28-24(22)26(19)35(33,34)30-23-10-6-5-8-21(23)12-11-18-16-20(4-2)25(27(31)32)29-17-18/h5-10,13-17,30H,3-4H2,1-2H3,(H,31,32). The molecule has 4 aromatic rings. The summed E-state index contributed by atoms with van der Waals surface area (Å²) in [5.41, 5.74) is 3.01. The van der Waals surface area contributed by atoms with Crippen LogP contribution < -0.4 is 4.72 Å². The molecule has 0 bridgehead atoms. The second-order valence-electron chi connectivity index (χ2n) is 7.77. The Labute approximate surface area is 203 Å². The van der Waals surface area contributed by atoms with Crippen LogP contribution in [0.1, 0.15) is 46.6 Å². The number of aryl methyl sites for hydroxylation is 2. The molecule has 7 nitrogen and oxygen atoms in total. The van der Waals surface area contributed by atoms with Gasteiger partial charge in [-0.05, 0) is 48.2 Å². The quantitative estimate of drug-likeness (QED) is 0.385. The molecule has 0 aliphatic heterocycles. The number of fused-ring (bicyclic) bond motifs is 1. The maximum absolute atomic E-state index is 13.5. The molecule has 0 unspecified atom stereocenters. The number of benzene rings is 2. The summed E-state index contributed by atoms with van der Waals surface area (Å²) in [6, 6.07) is 15.8. The topological polar surface area (TPSA) is 109 Å². The maximum atomic E-state index is 13.5. The Kier molecular flexibility index (Phi) is 6.80. The Balaban J connectivity index is 1.73. The van der Waals surface area contributed by atoms with Crippen LogP contribution in [0.4, 0.5) is 5.69 Å². The summed E-state index contributed by atoms with van der Waals surface area (Å²) in [6.45, 7) is 3.74. The van der Waals surface area contributed by atoms with Crippen LogP contribution in [0.25, 0.3) is 10.9 Å². The molecule has 35 heavy (non-hydrogen) atoms. The normalized spacial score (nSPS) is 11.0. The molecule has 2 N–H and O–H groups in total. The van der Waals surface area contributed by atoms with Gasteiger partial charge in [0.05, 0.1) is 11.2 Å². The number of sulfonamides is 1. The number of para-hydroxylation sites is 1. The third-order valence-electron chi connectivity index (χ3n) is 5.52. The zero-order valence-corrected chi connectivity index (χ0v) is 20.1. The summed E-state index contributed by atoms with van der Waals surface area (Å²) < 4.78 is 29.8. The molecule has 0 aliphatic carbocycles. The van der Waals surface area contributed by atoms with Gasteiger partial charge in [0.1, 0.15) is 4.90 Å². The molecule has 0 atom stereocenters. The van der Waals surface area contributed by atoms with Gasteiger partial charge in [-0.3, -0.25) is 9.71 Å². The van der Waals surface area contributed by atoms with Gasteiger partial charge in [0, 0.05) is 28.9 Å². The molecule has 0 saturated heterocycles. The van der Waals surface area contributed by atoms with E-state index in [4.69, 9.17) is 0 Å². The van der Waals surface area contributed by atoms with Gasteiger partial charge >= 0.3 is 5.97 Å². The number of aromatic nitrogens is 2. The van der Waals surface area contributed by atoms with Crippen molar-refractivity contribution in [3.63, 3.8) is 0 Å². The van der Waals surface area contributed by atoms with Crippen molar-refractivity contribution >= 4 is 32.6 Å². The number of aromatic carboxylic acids is 1. The molecule has 4 rings (SSSR count). The largest absolute Gasteiger partial charge is 0.477 e. The predicted octanol–water partition coefficient (Wildman–Crippen LogP) is 4.65. The minimum atomic E-state index is -3.97. The number of carboxylic acid groups (broad SMARTS) is 1. The van der Waals surface area contributed by atoms with Gasteiger partial charge in [-0.15, -0.1) is 0 Å². The average molecular weight is 486 g/mol. The monoisotopic (exact) mass is 485 g/mol. The number of nitrogens with one attached hydrogen (secondary N) is 1. The lowest BCUT2D eigenvalue weighted by Crippen LogP contribution is -2.16. The van der Waals surface area contributed by atoms with E-state index in [0.717, 1.165) is 5.39 Å². The highest BCUT2D eigenvalue weighted by atomic mass is 32.2. The highest BCUT2D eigenvalue weighted by molar-refractivity contribution is 7.93. The molecule has 176 valence electrons. The van der Waals surface area contributed by atoms with Gasteiger partial charge in [0.25, 0.3) is 10.0 Å². The van der Waals surface area contributed by atoms with Crippen LogP contribution in [-0.2, 0) is 22.9 Å². The van der Waals surface area contributed by atoms with E-state index in [9.17, 15) is 18.3 Å². The third kappa shape index (κ3) is 5.00. The number of rotatable bonds is 6. The van der Waals surface area contributed by atoms with Crippen LogP contribution in [0.15, 0.2) is 71.9 Å². The van der Waals surface area contributed by atoms with E-state index in [1.54, 1.807) is 42.6 Å². The lowest BCUT2D eigenvalue weighted by atomic mass is 10.1. The van der Waals surface area contributed by atoms with Gasteiger partial charge in [0.15, 0.2) is 5.69 Å². The Morgan fingerprint density at radius 3 is 2.49 bits per heavy atom. The number of carbonyl (C=O) groups is 1. The highest BCUT2D eigenvalue weighted by Crippen LogP contribution is 2.28. The molecule has 2 aromatic carbocycles. The lowest BCUT2D eigenvalue weighted by Gasteiger charge is -2.14. The van der Waals surface area contributed by atoms with Crippen molar-refractivity contribution in [1.82, 2.24) is 9.97 Å². The first-order valence-corrected chi connectivity index (χ1v) is 12.5. The number of hydrogen-bond donors (Lipinski definition) is 2. The van der Waals surface area contributed by atoms with Gasteiger partial charge < -0.3 is 5.11 Å². The number of carboxylic acids is 1. The van der Waals surface area contributed by atoms with Crippen molar-refractivity contribution < 1.29 is 18.3 Å². The summed E-state index contributed by atoms with van der Waals surface area (Å²) in [5, 5.41) is 10.0. The Bertz CT molecular complexity index is 1600. The SMILES string of the molecule is CCc1cc(C#Cc2ccccc2NS(=O)(=O)c2c(CC)ccc3cccnc23)cnc1C(=O)O. The fraction of sp³-hybridized carbons (Fsp3) is 0.148. The Morgan fingerprint density at radius 1 is 0.971 bits per heavy atom.